The van der Waals surface area contributed by atoms with Crippen LogP contribution in [0.2, 0.25) is 0 Å². The maximum atomic E-state index is 13.2. The lowest BCUT2D eigenvalue weighted by molar-refractivity contribution is -0.158. The summed E-state index contributed by atoms with van der Waals surface area (Å²) in [6, 6.07) is 7.98. The van der Waals surface area contributed by atoms with Crippen molar-refractivity contribution in [1.29, 1.82) is 0 Å². The number of alkyl halides is 1. The molecule has 0 heterocycles. The van der Waals surface area contributed by atoms with E-state index in [-0.39, 0.29) is 18.8 Å². The quantitative estimate of drug-likeness (QED) is 0.742. The Kier molecular flexibility index (Phi) is 7.23. The monoisotopic (exact) mass is 281 g/mol. The number of ether oxygens (including phenoxy) is 1. The fourth-order valence-corrected chi connectivity index (χ4v) is 2.22. The van der Waals surface area contributed by atoms with Gasteiger partial charge in [-0.1, -0.05) is 31.2 Å². The van der Waals surface area contributed by atoms with Crippen molar-refractivity contribution in [3.63, 3.8) is 0 Å². The number of esters is 1. The number of carbonyl (C=O) groups is 1. The maximum absolute atomic E-state index is 13.2. The number of aryl methyl sites for hydroxylation is 1. The first kappa shape index (κ1) is 16.6. The van der Waals surface area contributed by atoms with Crippen molar-refractivity contribution in [3.05, 3.63) is 35.4 Å². The molecule has 0 aliphatic carbocycles. The molecule has 112 valence electrons. The van der Waals surface area contributed by atoms with Crippen LogP contribution in [0.5, 0.6) is 0 Å². The number of hydrogen-bond donors (Lipinski definition) is 1. The predicted octanol–water partition coefficient (Wildman–Crippen LogP) is 3.46. The van der Waals surface area contributed by atoms with Crippen molar-refractivity contribution >= 4 is 5.97 Å². The van der Waals surface area contributed by atoms with Gasteiger partial charge in [-0.05, 0) is 43.4 Å². The van der Waals surface area contributed by atoms with Gasteiger partial charge in [-0.25, -0.2) is 4.39 Å². The highest BCUT2D eigenvalue weighted by molar-refractivity contribution is 5.69. The van der Waals surface area contributed by atoms with E-state index in [1.54, 1.807) is 0 Å². The van der Waals surface area contributed by atoms with Crippen LogP contribution in [0, 0.1) is 6.92 Å². The topological polar surface area (TPSA) is 52.3 Å². The second-order valence-corrected chi connectivity index (χ2v) is 5.02. The average molecular weight is 281 g/mol. The molecule has 0 aliphatic rings. The molecule has 1 rings (SSSR count). The lowest BCUT2D eigenvalue weighted by atomic mass is 9.91. The highest BCUT2D eigenvalue weighted by Crippen LogP contribution is 2.23. The number of hydrogen-bond acceptors (Lipinski definition) is 3. The van der Waals surface area contributed by atoms with Crippen molar-refractivity contribution in [1.82, 2.24) is 0 Å². The van der Waals surface area contributed by atoms with E-state index in [2.05, 4.69) is 0 Å². The Balaban J connectivity index is 2.50. The third kappa shape index (κ3) is 5.29. The number of carbonyl (C=O) groups excluding carboxylic acids is 1. The lowest BCUT2D eigenvalue weighted by Gasteiger charge is -2.17. The van der Waals surface area contributed by atoms with Gasteiger partial charge >= 0.3 is 5.97 Å². The Bertz CT molecular complexity index is 423. The van der Waals surface area contributed by atoms with Crippen molar-refractivity contribution in [2.24, 2.45) is 5.73 Å². The van der Waals surface area contributed by atoms with Gasteiger partial charge in [0.15, 0.2) is 0 Å². The van der Waals surface area contributed by atoms with Crippen LogP contribution in [0.1, 0.15) is 49.7 Å². The molecular weight excluding hydrogens is 257 g/mol. The molecule has 0 aromatic heterocycles. The van der Waals surface area contributed by atoms with Gasteiger partial charge in [-0.3, -0.25) is 4.79 Å². The number of halogens is 1. The van der Waals surface area contributed by atoms with E-state index in [0.29, 0.717) is 19.4 Å². The summed E-state index contributed by atoms with van der Waals surface area (Å²) >= 11 is 0. The first-order valence-corrected chi connectivity index (χ1v) is 7.17. The van der Waals surface area contributed by atoms with Crippen LogP contribution in [0.25, 0.3) is 0 Å². The fraction of sp³-hybridized carbons (Fsp3) is 0.562. The van der Waals surface area contributed by atoms with Crippen LogP contribution in [0.3, 0.4) is 0 Å². The average Bonchev–Trinajstić information content (AvgIpc) is 2.41. The standard InChI is InChI=1S/C16H24FNO2/c1-3-6-15(17)20-16(19)10-9-13(11-18)14-8-5-4-7-12(14)2/h4-5,7-8,13,15H,3,6,9-11,18H2,1-2H3. The molecule has 0 amide bonds. The van der Waals surface area contributed by atoms with E-state index in [4.69, 9.17) is 10.5 Å². The summed E-state index contributed by atoms with van der Waals surface area (Å²) in [6.07, 6.45) is 0.203. The second-order valence-electron chi connectivity index (χ2n) is 5.02. The molecule has 0 bridgehead atoms. The third-order valence-corrected chi connectivity index (χ3v) is 3.38. The molecule has 0 saturated carbocycles. The SMILES string of the molecule is CCCC(F)OC(=O)CCC(CN)c1ccccc1C. The van der Waals surface area contributed by atoms with E-state index < -0.39 is 12.3 Å². The molecule has 3 nitrogen and oxygen atoms in total. The molecule has 1 aromatic carbocycles. The minimum Gasteiger partial charge on any atom is -0.431 e. The van der Waals surface area contributed by atoms with Gasteiger partial charge < -0.3 is 10.5 Å². The van der Waals surface area contributed by atoms with Gasteiger partial charge in [0.05, 0.1) is 0 Å². The largest absolute Gasteiger partial charge is 0.431 e. The second kappa shape index (κ2) is 8.69. The Morgan fingerprint density at radius 3 is 2.65 bits per heavy atom. The summed E-state index contributed by atoms with van der Waals surface area (Å²) < 4.78 is 17.9. The van der Waals surface area contributed by atoms with Crippen LogP contribution in [-0.2, 0) is 9.53 Å². The lowest BCUT2D eigenvalue weighted by Crippen LogP contribution is -2.18. The smallest absolute Gasteiger partial charge is 0.308 e. The molecule has 0 fully saturated rings. The molecule has 1 aromatic rings. The molecule has 2 N–H and O–H groups in total. The van der Waals surface area contributed by atoms with E-state index >= 15 is 0 Å². The normalized spacial score (nSPS) is 13.8. The maximum Gasteiger partial charge on any atom is 0.308 e. The highest BCUT2D eigenvalue weighted by Gasteiger charge is 2.16. The summed E-state index contributed by atoms with van der Waals surface area (Å²) in [5, 5.41) is 0. The Hall–Kier alpha value is -1.42. The summed E-state index contributed by atoms with van der Waals surface area (Å²) in [4.78, 5) is 11.6. The summed E-state index contributed by atoms with van der Waals surface area (Å²) in [6.45, 7) is 4.34. The van der Waals surface area contributed by atoms with E-state index in [1.165, 1.54) is 0 Å². The first-order chi connectivity index (χ1) is 9.58. The van der Waals surface area contributed by atoms with Crippen LogP contribution in [0.15, 0.2) is 24.3 Å². The molecule has 2 atom stereocenters. The number of benzene rings is 1. The van der Waals surface area contributed by atoms with Gasteiger partial charge in [0.25, 0.3) is 0 Å². The molecule has 0 aliphatic heterocycles. The minimum absolute atomic E-state index is 0.105. The number of nitrogens with two attached hydrogens (primary N) is 1. The Morgan fingerprint density at radius 2 is 2.05 bits per heavy atom. The molecule has 0 saturated heterocycles. The fourth-order valence-electron chi connectivity index (χ4n) is 2.22. The first-order valence-electron chi connectivity index (χ1n) is 7.17. The molecule has 4 heteroatoms. The molecule has 0 spiro atoms. The minimum atomic E-state index is -1.48. The third-order valence-electron chi connectivity index (χ3n) is 3.38. The number of rotatable bonds is 8. The van der Waals surface area contributed by atoms with E-state index in [0.717, 1.165) is 11.1 Å². The molecule has 2 unspecified atom stereocenters. The zero-order valence-corrected chi connectivity index (χ0v) is 12.3. The summed E-state index contributed by atoms with van der Waals surface area (Å²) in [7, 11) is 0. The highest BCUT2D eigenvalue weighted by atomic mass is 19.1. The zero-order chi connectivity index (χ0) is 15.0. The molecular formula is C16H24FNO2. The van der Waals surface area contributed by atoms with Crippen molar-refractivity contribution < 1.29 is 13.9 Å². The Morgan fingerprint density at radius 1 is 1.35 bits per heavy atom. The Labute approximate surface area is 120 Å². The van der Waals surface area contributed by atoms with Crippen LogP contribution in [0.4, 0.5) is 4.39 Å². The molecule has 0 radical (unpaired) electrons. The summed E-state index contributed by atoms with van der Waals surface area (Å²) in [5.41, 5.74) is 8.09. The van der Waals surface area contributed by atoms with E-state index in [1.807, 2.05) is 38.1 Å². The summed E-state index contributed by atoms with van der Waals surface area (Å²) in [5.74, 6) is -0.383. The zero-order valence-electron chi connectivity index (χ0n) is 12.3. The van der Waals surface area contributed by atoms with Crippen molar-refractivity contribution in [3.8, 4) is 0 Å². The van der Waals surface area contributed by atoms with Crippen LogP contribution >= 0.6 is 0 Å². The predicted molar refractivity (Wildman–Crippen MR) is 78.1 cm³/mol. The van der Waals surface area contributed by atoms with Crippen molar-refractivity contribution in [2.45, 2.75) is 51.8 Å². The van der Waals surface area contributed by atoms with Gasteiger partial charge in [0, 0.05) is 12.8 Å². The van der Waals surface area contributed by atoms with Gasteiger partial charge in [-0.2, -0.15) is 0 Å². The van der Waals surface area contributed by atoms with Crippen LogP contribution in [-0.4, -0.2) is 18.9 Å². The van der Waals surface area contributed by atoms with Gasteiger partial charge in [0.1, 0.15) is 0 Å². The van der Waals surface area contributed by atoms with E-state index in [9.17, 15) is 9.18 Å². The van der Waals surface area contributed by atoms with Crippen LogP contribution < -0.4 is 5.73 Å². The van der Waals surface area contributed by atoms with Gasteiger partial charge in [0.2, 0.25) is 6.36 Å². The van der Waals surface area contributed by atoms with Crippen molar-refractivity contribution in [2.75, 3.05) is 6.54 Å². The van der Waals surface area contributed by atoms with Gasteiger partial charge in [-0.15, -0.1) is 0 Å². The molecule has 20 heavy (non-hydrogen) atoms.